The molecule has 0 saturated carbocycles. The Balaban J connectivity index is 1.63. The number of esters is 1. The molecule has 25 heavy (non-hydrogen) atoms. The molecular weight excluding hydrogens is 340 g/mol. The highest BCUT2D eigenvalue weighted by Gasteiger charge is 2.17. The third-order valence-electron chi connectivity index (χ3n) is 3.68. The first-order chi connectivity index (χ1) is 12.0. The van der Waals surface area contributed by atoms with Crippen LogP contribution in [0, 0.1) is 0 Å². The van der Waals surface area contributed by atoms with Gasteiger partial charge >= 0.3 is 5.97 Å². The second-order valence-electron chi connectivity index (χ2n) is 5.50. The van der Waals surface area contributed by atoms with Gasteiger partial charge in [-0.05, 0) is 30.5 Å². The van der Waals surface area contributed by atoms with Gasteiger partial charge in [-0.25, -0.2) is 4.98 Å². The molecule has 1 N–H and O–H groups in total. The lowest BCUT2D eigenvalue weighted by molar-refractivity contribution is -0.148. The van der Waals surface area contributed by atoms with Gasteiger partial charge in [-0.3, -0.25) is 14.4 Å². The number of hydrogen-bond donors (Lipinski definition) is 1. The van der Waals surface area contributed by atoms with Gasteiger partial charge in [0.2, 0.25) is 0 Å². The second-order valence-corrected chi connectivity index (χ2v) is 6.45. The summed E-state index contributed by atoms with van der Waals surface area (Å²) in [5.74, 6) is -0.313. The first kappa shape index (κ1) is 17.0. The molecule has 0 aliphatic heterocycles. The van der Waals surface area contributed by atoms with E-state index in [1.54, 1.807) is 43.3 Å². The molecule has 0 aliphatic carbocycles. The maximum atomic E-state index is 12.1. The number of carbonyl (C=O) groups is 2. The Morgan fingerprint density at radius 3 is 2.76 bits per heavy atom. The van der Waals surface area contributed by atoms with Gasteiger partial charge in [0.1, 0.15) is 0 Å². The van der Waals surface area contributed by atoms with Crippen LogP contribution in [0.15, 0.2) is 46.6 Å². The van der Waals surface area contributed by atoms with E-state index in [9.17, 15) is 14.4 Å². The highest BCUT2D eigenvalue weighted by atomic mass is 32.1. The van der Waals surface area contributed by atoms with Crippen LogP contribution in [0.3, 0.4) is 0 Å². The third-order valence-corrected chi connectivity index (χ3v) is 4.59. The topological polar surface area (TPSA) is 89.1 Å². The normalized spacial score (nSPS) is 12.0. The number of ether oxygens (including phenoxy) is 1. The van der Waals surface area contributed by atoms with E-state index >= 15 is 0 Å². The van der Waals surface area contributed by atoms with Gasteiger partial charge < -0.3 is 9.72 Å². The zero-order valence-electron chi connectivity index (χ0n) is 13.5. The largest absolute Gasteiger partial charge is 0.454 e. The summed E-state index contributed by atoms with van der Waals surface area (Å²) in [4.78, 5) is 43.5. The molecule has 0 amide bonds. The fourth-order valence-electron chi connectivity index (χ4n) is 2.38. The SMILES string of the molecule is C[C@H](OC(=O)CCC(=O)c1cccs1)c1nc2ccccc2c(=O)[nH]1. The summed E-state index contributed by atoms with van der Waals surface area (Å²) in [6.07, 6.45) is -0.631. The molecule has 3 rings (SSSR count). The van der Waals surface area contributed by atoms with Gasteiger partial charge in [-0.2, -0.15) is 0 Å². The minimum Gasteiger partial charge on any atom is -0.454 e. The summed E-state index contributed by atoms with van der Waals surface area (Å²) >= 11 is 1.34. The molecule has 2 heterocycles. The Morgan fingerprint density at radius 2 is 2.00 bits per heavy atom. The minimum atomic E-state index is -0.707. The number of aromatic nitrogens is 2. The van der Waals surface area contributed by atoms with Crippen molar-refractivity contribution in [1.82, 2.24) is 9.97 Å². The quantitative estimate of drug-likeness (QED) is 0.541. The van der Waals surface area contributed by atoms with Crippen molar-refractivity contribution in [3.05, 3.63) is 62.8 Å². The summed E-state index contributed by atoms with van der Waals surface area (Å²) in [5.41, 5.74) is 0.258. The van der Waals surface area contributed by atoms with Gasteiger partial charge in [-0.15, -0.1) is 11.3 Å². The fourth-order valence-corrected chi connectivity index (χ4v) is 3.08. The van der Waals surface area contributed by atoms with Gasteiger partial charge in [0, 0.05) is 6.42 Å². The summed E-state index contributed by atoms with van der Waals surface area (Å²) < 4.78 is 5.29. The maximum Gasteiger partial charge on any atom is 0.306 e. The summed E-state index contributed by atoms with van der Waals surface area (Å²) in [5, 5.41) is 2.29. The van der Waals surface area contributed by atoms with Crippen molar-refractivity contribution in [3.63, 3.8) is 0 Å². The number of Topliss-reactive ketones (excluding diaryl/α,β-unsaturated/α-hetero) is 1. The van der Waals surface area contributed by atoms with E-state index in [1.807, 2.05) is 5.38 Å². The summed E-state index contributed by atoms with van der Waals surface area (Å²) in [6, 6.07) is 10.5. The van der Waals surface area contributed by atoms with Crippen molar-refractivity contribution < 1.29 is 14.3 Å². The first-order valence-corrected chi connectivity index (χ1v) is 8.67. The molecule has 128 valence electrons. The number of fused-ring (bicyclic) bond motifs is 1. The number of H-pyrrole nitrogens is 1. The van der Waals surface area contributed by atoms with Gasteiger partial charge in [-0.1, -0.05) is 18.2 Å². The molecule has 0 radical (unpaired) electrons. The Kier molecular flexibility index (Phi) is 5.04. The van der Waals surface area contributed by atoms with E-state index in [4.69, 9.17) is 4.74 Å². The number of benzene rings is 1. The third kappa shape index (κ3) is 4.00. The molecule has 0 fully saturated rings. The first-order valence-electron chi connectivity index (χ1n) is 7.80. The number of nitrogens with one attached hydrogen (secondary N) is 1. The van der Waals surface area contributed by atoms with Crippen molar-refractivity contribution >= 4 is 34.0 Å². The Bertz CT molecular complexity index is 963. The smallest absolute Gasteiger partial charge is 0.306 e. The molecule has 0 saturated heterocycles. The molecule has 2 aromatic heterocycles. The van der Waals surface area contributed by atoms with E-state index in [1.165, 1.54) is 11.3 Å². The molecule has 0 unspecified atom stereocenters. The zero-order chi connectivity index (χ0) is 17.8. The van der Waals surface area contributed by atoms with Gasteiger partial charge in [0.25, 0.3) is 5.56 Å². The van der Waals surface area contributed by atoms with Crippen LogP contribution in [-0.4, -0.2) is 21.7 Å². The van der Waals surface area contributed by atoms with E-state index in [2.05, 4.69) is 9.97 Å². The standard InChI is InChI=1S/C18H16N2O4S/c1-11(17-19-13-6-3-2-5-12(13)18(23)20-17)24-16(22)9-8-14(21)15-7-4-10-25-15/h2-7,10-11H,8-9H2,1H3,(H,19,20,23)/t11-/m0/s1. The number of carbonyl (C=O) groups excluding carboxylic acids is 2. The number of ketones is 1. The van der Waals surface area contributed by atoms with E-state index in [0.717, 1.165) is 0 Å². The Labute approximate surface area is 147 Å². The number of thiophene rings is 1. The molecule has 3 aromatic rings. The molecule has 1 atom stereocenters. The number of para-hydroxylation sites is 1. The van der Waals surface area contributed by atoms with Crippen LogP contribution in [0.2, 0.25) is 0 Å². The molecule has 0 spiro atoms. The van der Waals surface area contributed by atoms with Crippen molar-refractivity contribution in [2.24, 2.45) is 0 Å². The van der Waals surface area contributed by atoms with Crippen LogP contribution >= 0.6 is 11.3 Å². The number of hydrogen-bond acceptors (Lipinski definition) is 6. The van der Waals surface area contributed by atoms with E-state index in [-0.39, 0.29) is 30.0 Å². The molecule has 7 heteroatoms. The van der Waals surface area contributed by atoms with Crippen LogP contribution in [0.4, 0.5) is 0 Å². The van der Waals surface area contributed by atoms with Crippen LogP contribution < -0.4 is 5.56 Å². The van der Waals surface area contributed by atoms with Crippen molar-refractivity contribution in [1.29, 1.82) is 0 Å². The highest BCUT2D eigenvalue weighted by molar-refractivity contribution is 7.12. The lowest BCUT2D eigenvalue weighted by Gasteiger charge is -2.12. The number of nitrogens with zero attached hydrogens (tertiary/aromatic N) is 1. The predicted octanol–water partition coefficient (Wildman–Crippen LogP) is 3.25. The summed E-state index contributed by atoms with van der Waals surface area (Å²) in [6.45, 7) is 1.63. The zero-order valence-corrected chi connectivity index (χ0v) is 14.3. The second kappa shape index (κ2) is 7.40. The number of aromatic amines is 1. The van der Waals surface area contributed by atoms with Crippen molar-refractivity contribution in [2.45, 2.75) is 25.9 Å². The Hall–Kier alpha value is -2.80. The molecule has 0 bridgehead atoms. The fraction of sp³-hybridized carbons (Fsp3) is 0.222. The summed E-state index contributed by atoms with van der Waals surface area (Å²) in [7, 11) is 0. The molecule has 6 nitrogen and oxygen atoms in total. The predicted molar refractivity (Wildman–Crippen MR) is 94.8 cm³/mol. The average Bonchev–Trinajstić information content (AvgIpc) is 3.14. The van der Waals surface area contributed by atoms with Gasteiger partial charge in [0.15, 0.2) is 17.7 Å². The minimum absolute atomic E-state index is 0.0150. The van der Waals surface area contributed by atoms with Crippen molar-refractivity contribution in [3.8, 4) is 0 Å². The molecule has 0 aliphatic rings. The monoisotopic (exact) mass is 356 g/mol. The van der Waals surface area contributed by atoms with Crippen molar-refractivity contribution in [2.75, 3.05) is 0 Å². The van der Waals surface area contributed by atoms with Crippen LogP contribution in [-0.2, 0) is 9.53 Å². The highest BCUT2D eigenvalue weighted by Crippen LogP contribution is 2.17. The number of rotatable bonds is 6. The van der Waals surface area contributed by atoms with E-state index < -0.39 is 12.1 Å². The van der Waals surface area contributed by atoms with Crippen LogP contribution in [0.5, 0.6) is 0 Å². The molecule has 1 aromatic carbocycles. The average molecular weight is 356 g/mol. The van der Waals surface area contributed by atoms with E-state index in [0.29, 0.717) is 15.8 Å². The maximum absolute atomic E-state index is 12.1. The molecular formula is C18H16N2O4S. The van der Waals surface area contributed by atoms with Gasteiger partial charge in [0.05, 0.1) is 22.2 Å². The van der Waals surface area contributed by atoms with Crippen LogP contribution in [0.1, 0.15) is 41.4 Å². The van der Waals surface area contributed by atoms with Crippen LogP contribution in [0.25, 0.3) is 10.9 Å². The lowest BCUT2D eigenvalue weighted by atomic mass is 10.2. The Morgan fingerprint density at radius 1 is 1.20 bits per heavy atom. The lowest BCUT2D eigenvalue weighted by Crippen LogP contribution is -2.17.